The Labute approximate surface area is 220 Å². The summed E-state index contributed by atoms with van der Waals surface area (Å²) in [7, 11) is -5.12. The van der Waals surface area contributed by atoms with Gasteiger partial charge in [0.1, 0.15) is 4.75 Å². The first-order valence-corrected chi connectivity index (χ1v) is 11.5. The van der Waals surface area contributed by atoms with Crippen molar-refractivity contribution in [2.45, 2.75) is 108 Å². The minimum absolute atomic E-state index is 0. The Bertz CT molecular complexity index is 541. The fourth-order valence-corrected chi connectivity index (χ4v) is 4.16. The van der Waals surface area contributed by atoms with Crippen LogP contribution in [0.25, 0.3) is 0 Å². The summed E-state index contributed by atoms with van der Waals surface area (Å²) in [4.78, 5) is 21.9. The second-order valence-electron chi connectivity index (χ2n) is 7.30. The Morgan fingerprint density at radius 2 is 1.10 bits per heavy atom. The van der Waals surface area contributed by atoms with E-state index in [1.165, 1.54) is 44.9 Å². The Morgan fingerprint density at radius 1 is 0.759 bits per heavy atom. The maximum Gasteiger partial charge on any atom is 1.00 e. The van der Waals surface area contributed by atoms with Gasteiger partial charge in [-0.2, -0.15) is 8.42 Å². The van der Waals surface area contributed by atoms with E-state index in [2.05, 4.69) is 6.92 Å². The number of rotatable bonds is 18. The number of carbonyl (C=O) groups excluding carboxylic acids is 2. The molecule has 0 radical (unpaired) electrons. The largest absolute Gasteiger partial charge is 1.00 e. The predicted octanol–water partition coefficient (Wildman–Crippen LogP) is -4.01. The Hall–Kier alpha value is 0.850. The minimum atomic E-state index is -5.12. The average Bonchev–Trinajstić information content (AvgIpc) is 2.56. The van der Waals surface area contributed by atoms with Crippen LogP contribution in [-0.4, -0.2) is 29.7 Å². The molecule has 0 heterocycles. The molecule has 0 aliphatic carbocycles. The van der Waals surface area contributed by atoms with Crippen molar-refractivity contribution in [3.63, 3.8) is 0 Å². The number of carbonyl (C=O) groups is 2. The molecule has 160 valence electrons. The fourth-order valence-electron chi connectivity index (χ4n) is 3.25. The van der Waals surface area contributed by atoms with Gasteiger partial charge in [-0.3, -0.25) is 4.55 Å². The Morgan fingerprint density at radius 3 is 1.38 bits per heavy atom. The van der Waals surface area contributed by atoms with Gasteiger partial charge in [0.25, 0.3) is 10.1 Å². The van der Waals surface area contributed by atoms with Gasteiger partial charge in [-0.1, -0.05) is 90.4 Å². The van der Waals surface area contributed by atoms with Gasteiger partial charge in [0, 0.05) is 12.4 Å². The van der Waals surface area contributed by atoms with Crippen LogP contribution in [0.2, 0.25) is 0 Å². The summed E-state index contributed by atoms with van der Waals surface area (Å²) in [6, 6.07) is 0. The van der Waals surface area contributed by atoms with Gasteiger partial charge in [-0.15, -0.1) is 0 Å². The molecular weight excluding hydrogens is 418 g/mol. The summed E-state index contributed by atoms with van der Waals surface area (Å²) in [5.74, 6) is -3.96. The van der Waals surface area contributed by atoms with E-state index in [1.54, 1.807) is 0 Å². The van der Waals surface area contributed by atoms with Crippen molar-refractivity contribution >= 4 is 22.1 Å². The standard InChI is InChI=1S/C19H36O7S.2Na/c1-2-3-4-5-6-7-8-9-10-11-12-13-14-15-19(18(22)23,16-17(20)21)27(24,25)26;;/h2-16H2,1H3,(H,20,21)(H,22,23)(H,24,25,26);;/q;2*+1/p-2. The molecule has 7 nitrogen and oxygen atoms in total. The fraction of sp³-hybridized carbons (Fsp3) is 0.895. The van der Waals surface area contributed by atoms with Gasteiger partial charge < -0.3 is 19.8 Å². The van der Waals surface area contributed by atoms with Crippen LogP contribution in [0.4, 0.5) is 0 Å². The molecule has 0 aromatic heterocycles. The molecule has 0 aliphatic rings. The van der Waals surface area contributed by atoms with E-state index in [9.17, 15) is 32.8 Å². The summed E-state index contributed by atoms with van der Waals surface area (Å²) in [6.07, 6.45) is 11.8. The van der Waals surface area contributed by atoms with Crippen LogP contribution in [0.1, 0.15) is 103 Å². The Balaban J connectivity index is -0.00000338. The number of hydrogen-bond acceptors (Lipinski definition) is 6. The summed E-state index contributed by atoms with van der Waals surface area (Å²) < 4.78 is 29.2. The van der Waals surface area contributed by atoms with Crippen LogP contribution in [0.3, 0.4) is 0 Å². The monoisotopic (exact) mass is 452 g/mol. The first-order valence-electron chi connectivity index (χ1n) is 10.1. The van der Waals surface area contributed by atoms with Crippen LogP contribution >= 0.6 is 0 Å². The molecule has 1 unspecified atom stereocenters. The van der Waals surface area contributed by atoms with E-state index in [1.807, 2.05) is 0 Å². The second-order valence-corrected chi connectivity index (χ2v) is 9.03. The molecule has 0 aliphatic heterocycles. The molecule has 10 heteroatoms. The van der Waals surface area contributed by atoms with Gasteiger partial charge in [0.05, 0.1) is 5.97 Å². The van der Waals surface area contributed by atoms with Crippen molar-refractivity contribution in [2.24, 2.45) is 0 Å². The SMILES string of the molecule is CCCCCCCCCCCCCCCC(CC(=O)[O-])(C(=O)[O-])S(=O)(=O)O.[Na+].[Na+]. The quantitative estimate of drug-likeness (QED) is 0.127. The number of carboxylic acid groups (broad SMARTS) is 2. The number of carboxylic acids is 2. The Kier molecular flexibility index (Phi) is 23.2. The summed E-state index contributed by atoms with van der Waals surface area (Å²) in [5.41, 5.74) is 0. The van der Waals surface area contributed by atoms with Crippen molar-refractivity contribution in [3.8, 4) is 0 Å². The molecule has 0 bridgehead atoms. The molecule has 0 fully saturated rings. The molecule has 1 atom stereocenters. The third kappa shape index (κ3) is 15.3. The maximum absolute atomic E-state index is 11.4. The van der Waals surface area contributed by atoms with Crippen LogP contribution in [0.15, 0.2) is 0 Å². The normalized spacial score (nSPS) is 13.0. The minimum Gasteiger partial charge on any atom is -0.550 e. The van der Waals surface area contributed by atoms with Crippen molar-refractivity contribution < 1.29 is 91.9 Å². The van der Waals surface area contributed by atoms with E-state index < -0.39 is 39.6 Å². The number of hydrogen-bond donors (Lipinski definition) is 1. The zero-order valence-corrected chi connectivity index (χ0v) is 23.2. The maximum atomic E-state index is 11.4. The van der Waals surface area contributed by atoms with Gasteiger partial charge in [0.15, 0.2) is 0 Å². The first kappa shape index (κ1) is 34.5. The molecule has 0 spiro atoms. The number of aliphatic carboxylic acids is 2. The number of unbranched alkanes of at least 4 members (excludes halogenated alkanes) is 12. The van der Waals surface area contributed by atoms with Crippen LogP contribution in [0.5, 0.6) is 0 Å². The van der Waals surface area contributed by atoms with Crippen molar-refractivity contribution in [1.29, 1.82) is 0 Å². The van der Waals surface area contributed by atoms with Crippen molar-refractivity contribution in [1.82, 2.24) is 0 Å². The van der Waals surface area contributed by atoms with Gasteiger partial charge >= 0.3 is 59.1 Å². The molecule has 0 saturated heterocycles. The van der Waals surface area contributed by atoms with Crippen molar-refractivity contribution in [2.75, 3.05) is 0 Å². The summed E-state index contributed by atoms with van der Waals surface area (Å²) in [6.45, 7) is 2.20. The molecular formula is C19H34Na2O7S. The molecule has 29 heavy (non-hydrogen) atoms. The topological polar surface area (TPSA) is 135 Å². The van der Waals surface area contributed by atoms with E-state index in [-0.39, 0.29) is 65.5 Å². The van der Waals surface area contributed by atoms with Crippen molar-refractivity contribution in [3.05, 3.63) is 0 Å². The zero-order valence-electron chi connectivity index (χ0n) is 18.4. The molecule has 0 saturated carbocycles. The van der Waals surface area contributed by atoms with Crippen LogP contribution < -0.4 is 69.3 Å². The van der Waals surface area contributed by atoms with E-state index in [4.69, 9.17) is 0 Å². The van der Waals surface area contributed by atoms with Gasteiger partial charge in [-0.25, -0.2) is 0 Å². The summed E-state index contributed by atoms with van der Waals surface area (Å²) >= 11 is 0. The smallest absolute Gasteiger partial charge is 0.550 e. The third-order valence-electron chi connectivity index (χ3n) is 4.98. The first-order chi connectivity index (χ1) is 12.7. The molecule has 0 rings (SSSR count). The van der Waals surface area contributed by atoms with Crippen LogP contribution in [0, 0.1) is 0 Å². The van der Waals surface area contributed by atoms with Gasteiger partial charge in [0.2, 0.25) is 0 Å². The second kappa shape index (κ2) is 19.5. The molecule has 1 N–H and O–H groups in total. The summed E-state index contributed by atoms with van der Waals surface area (Å²) in [5, 5.41) is 21.9. The average molecular weight is 453 g/mol. The van der Waals surface area contributed by atoms with E-state index in [0.29, 0.717) is 6.42 Å². The molecule has 0 aromatic carbocycles. The predicted molar refractivity (Wildman–Crippen MR) is 99.2 cm³/mol. The van der Waals surface area contributed by atoms with Gasteiger partial charge in [-0.05, 0) is 6.42 Å². The zero-order chi connectivity index (χ0) is 20.8. The van der Waals surface area contributed by atoms with E-state index >= 15 is 0 Å². The third-order valence-corrected chi connectivity index (χ3v) is 6.48. The molecule has 0 aromatic rings. The van der Waals surface area contributed by atoms with Crippen LogP contribution in [-0.2, 0) is 19.7 Å². The van der Waals surface area contributed by atoms with E-state index in [0.717, 1.165) is 25.7 Å². The molecule has 0 amide bonds.